The highest BCUT2D eigenvalue weighted by molar-refractivity contribution is 7.89. The van der Waals surface area contributed by atoms with Crippen molar-refractivity contribution < 1.29 is 22.7 Å². The third-order valence-electron chi connectivity index (χ3n) is 3.82. The van der Waals surface area contributed by atoms with E-state index in [-0.39, 0.29) is 22.3 Å². The molecule has 1 saturated heterocycles. The zero-order valence-corrected chi connectivity index (χ0v) is 15.9. The van der Waals surface area contributed by atoms with Crippen molar-refractivity contribution in [2.24, 2.45) is 0 Å². The van der Waals surface area contributed by atoms with Crippen LogP contribution in [-0.2, 0) is 14.8 Å². The lowest BCUT2D eigenvalue weighted by Gasteiger charge is -2.14. The highest BCUT2D eigenvalue weighted by Gasteiger charge is 2.25. The van der Waals surface area contributed by atoms with Crippen molar-refractivity contribution in [1.82, 2.24) is 9.71 Å². The first-order chi connectivity index (χ1) is 12.4. The molecule has 8 nitrogen and oxygen atoms in total. The molecule has 0 saturated carbocycles. The number of methoxy groups -OCH3 is 1. The quantitative estimate of drug-likeness (QED) is 0.770. The van der Waals surface area contributed by atoms with E-state index in [9.17, 15) is 13.2 Å². The van der Waals surface area contributed by atoms with Crippen molar-refractivity contribution in [3.8, 4) is 5.75 Å². The number of nitrogens with zero attached hydrogens (tertiary/aromatic N) is 1. The molecule has 1 aliphatic rings. The standard InChI is InChI=1S/C16H19N3O5S2/c1-10-9-25-16(17-10)18-15(20)13-7-12(3-4-14(13)23-2)26(21,22)19-11-5-6-24-8-11/h3-4,7,9,11,19H,5-6,8H2,1-2H3,(H,17,18,20). The number of anilines is 1. The van der Waals surface area contributed by atoms with Gasteiger partial charge in [0.05, 0.1) is 29.9 Å². The predicted octanol–water partition coefficient (Wildman–Crippen LogP) is 1.78. The lowest BCUT2D eigenvalue weighted by Crippen LogP contribution is -2.35. The molecule has 26 heavy (non-hydrogen) atoms. The molecule has 3 rings (SSSR count). The molecule has 1 amide bonds. The second kappa shape index (κ2) is 7.70. The lowest BCUT2D eigenvalue weighted by molar-refractivity contribution is 0.102. The van der Waals surface area contributed by atoms with Crippen molar-refractivity contribution in [2.45, 2.75) is 24.3 Å². The molecule has 1 aromatic heterocycles. The van der Waals surface area contributed by atoms with Crippen LogP contribution < -0.4 is 14.8 Å². The number of hydrogen-bond donors (Lipinski definition) is 2. The number of rotatable bonds is 6. The maximum Gasteiger partial charge on any atom is 0.261 e. The van der Waals surface area contributed by atoms with E-state index in [4.69, 9.17) is 9.47 Å². The van der Waals surface area contributed by atoms with Gasteiger partial charge in [0.1, 0.15) is 5.75 Å². The number of thiazole rings is 1. The van der Waals surface area contributed by atoms with Crippen LogP contribution in [0.4, 0.5) is 5.13 Å². The molecule has 2 N–H and O–H groups in total. The Hall–Kier alpha value is -2.01. The van der Waals surface area contributed by atoms with Gasteiger partial charge >= 0.3 is 0 Å². The van der Waals surface area contributed by atoms with Crippen LogP contribution in [0.15, 0.2) is 28.5 Å². The maximum atomic E-state index is 12.6. The fourth-order valence-electron chi connectivity index (χ4n) is 2.52. The summed E-state index contributed by atoms with van der Waals surface area (Å²) in [5.41, 5.74) is 0.905. The molecule has 1 unspecified atom stereocenters. The number of ether oxygens (including phenoxy) is 2. The normalized spacial score (nSPS) is 17.2. The fraction of sp³-hybridized carbons (Fsp3) is 0.375. The number of sulfonamides is 1. The van der Waals surface area contributed by atoms with Crippen molar-refractivity contribution in [3.05, 3.63) is 34.8 Å². The molecule has 2 heterocycles. The molecular weight excluding hydrogens is 378 g/mol. The van der Waals surface area contributed by atoms with Crippen LogP contribution in [0, 0.1) is 6.92 Å². The molecule has 0 radical (unpaired) electrons. The van der Waals surface area contributed by atoms with Gasteiger partial charge in [-0.05, 0) is 31.5 Å². The van der Waals surface area contributed by atoms with Crippen LogP contribution in [0.25, 0.3) is 0 Å². The van der Waals surface area contributed by atoms with E-state index in [0.29, 0.717) is 24.8 Å². The SMILES string of the molecule is COc1ccc(S(=O)(=O)NC2CCOC2)cc1C(=O)Nc1nc(C)cs1. The first-order valence-corrected chi connectivity index (χ1v) is 10.3. The Morgan fingerprint density at radius 1 is 1.42 bits per heavy atom. The molecule has 1 aromatic carbocycles. The van der Waals surface area contributed by atoms with Gasteiger partial charge in [0.25, 0.3) is 5.91 Å². The third-order valence-corrected chi connectivity index (χ3v) is 6.21. The maximum absolute atomic E-state index is 12.6. The zero-order chi connectivity index (χ0) is 18.7. The highest BCUT2D eigenvalue weighted by Crippen LogP contribution is 2.25. The van der Waals surface area contributed by atoms with Gasteiger partial charge in [-0.2, -0.15) is 0 Å². The second-order valence-electron chi connectivity index (χ2n) is 5.79. The molecule has 2 aromatic rings. The van der Waals surface area contributed by atoms with Crippen LogP contribution in [0.1, 0.15) is 22.5 Å². The number of aryl methyl sites for hydroxylation is 1. The summed E-state index contributed by atoms with van der Waals surface area (Å²) in [6, 6.07) is 3.90. The van der Waals surface area contributed by atoms with E-state index in [0.717, 1.165) is 5.69 Å². The molecule has 10 heteroatoms. The van der Waals surface area contributed by atoms with Crippen LogP contribution in [0.3, 0.4) is 0 Å². The van der Waals surface area contributed by atoms with E-state index >= 15 is 0 Å². The number of nitrogens with one attached hydrogen (secondary N) is 2. The summed E-state index contributed by atoms with van der Waals surface area (Å²) in [5.74, 6) is -0.212. The number of benzene rings is 1. The van der Waals surface area contributed by atoms with Gasteiger partial charge in [-0.3, -0.25) is 10.1 Å². The molecule has 1 fully saturated rings. The van der Waals surface area contributed by atoms with Crippen molar-refractivity contribution in [2.75, 3.05) is 25.6 Å². The van der Waals surface area contributed by atoms with E-state index in [1.807, 2.05) is 6.92 Å². The minimum atomic E-state index is -3.77. The first-order valence-electron chi connectivity index (χ1n) is 7.90. The summed E-state index contributed by atoms with van der Waals surface area (Å²) in [6.07, 6.45) is 0.617. The Balaban J connectivity index is 1.86. The van der Waals surface area contributed by atoms with Gasteiger partial charge in [0.2, 0.25) is 10.0 Å². The number of carbonyl (C=O) groups is 1. The van der Waals surface area contributed by atoms with E-state index < -0.39 is 15.9 Å². The zero-order valence-electron chi connectivity index (χ0n) is 14.3. The minimum Gasteiger partial charge on any atom is -0.496 e. The smallest absolute Gasteiger partial charge is 0.261 e. The molecule has 0 aliphatic carbocycles. The Morgan fingerprint density at radius 2 is 2.23 bits per heavy atom. The summed E-state index contributed by atoms with van der Waals surface area (Å²) in [4.78, 5) is 16.7. The lowest BCUT2D eigenvalue weighted by atomic mass is 10.2. The molecule has 1 atom stereocenters. The van der Waals surface area contributed by atoms with Crippen molar-refractivity contribution in [1.29, 1.82) is 0 Å². The monoisotopic (exact) mass is 397 g/mol. The Bertz CT molecular complexity index is 904. The molecular formula is C16H19N3O5S2. The molecule has 0 spiro atoms. The van der Waals surface area contributed by atoms with E-state index in [1.165, 1.54) is 36.6 Å². The summed E-state index contributed by atoms with van der Waals surface area (Å²) in [7, 11) is -2.35. The van der Waals surface area contributed by atoms with Crippen molar-refractivity contribution >= 4 is 32.4 Å². The summed E-state index contributed by atoms with van der Waals surface area (Å²) < 4.78 is 38.1. The van der Waals surface area contributed by atoms with Crippen LogP contribution in [0.5, 0.6) is 5.75 Å². The van der Waals surface area contributed by atoms with Crippen LogP contribution in [0.2, 0.25) is 0 Å². The summed E-state index contributed by atoms with van der Waals surface area (Å²) >= 11 is 1.29. The van der Waals surface area contributed by atoms with Gasteiger partial charge in [-0.15, -0.1) is 11.3 Å². The summed E-state index contributed by atoms with van der Waals surface area (Å²) in [5, 5.41) is 4.90. The molecule has 140 valence electrons. The Kier molecular flexibility index (Phi) is 5.56. The van der Waals surface area contributed by atoms with Crippen molar-refractivity contribution in [3.63, 3.8) is 0 Å². The molecule has 1 aliphatic heterocycles. The largest absolute Gasteiger partial charge is 0.496 e. The van der Waals surface area contributed by atoms with Gasteiger partial charge < -0.3 is 9.47 Å². The number of aromatic nitrogens is 1. The average molecular weight is 397 g/mol. The van der Waals surface area contributed by atoms with E-state index in [1.54, 1.807) is 5.38 Å². The minimum absolute atomic E-state index is 0.00864. The van der Waals surface area contributed by atoms with Crippen LogP contribution in [-0.4, -0.2) is 45.7 Å². The average Bonchev–Trinajstić information content (AvgIpc) is 3.25. The Morgan fingerprint density at radius 3 is 2.85 bits per heavy atom. The van der Waals surface area contributed by atoms with Gasteiger partial charge in [-0.1, -0.05) is 0 Å². The summed E-state index contributed by atoms with van der Waals surface area (Å²) in [6.45, 7) is 2.68. The van der Waals surface area contributed by atoms with E-state index in [2.05, 4.69) is 15.0 Å². The topological polar surface area (TPSA) is 107 Å². The Labute approximate surface area is 155 Å². The van der Waals surface area contributed by atoms with Gasteiger partial charge in [-0.25, -0.2) is 18.1 Å². The van der Waals surface area contributed by atoms with Gasteiger partial charge in [0.15, 0.2) is 5.13 Å². The highest BCUT2D eigenvalue weighted by atomic mass is 32.2. The second-order valence-corrected chi connectivity index (χ2v) is 8.36. The third kappa shape index (κ3) is 4.21. The first kappa shape index (κ1) is 18.8. The predicted molar refractivity (Wildman–Crippen MR) is 97.3 cm³/mol. The fourth-order valence-corrected chi connectivity index (χ4v) is 4.49. The number of hydrogen-bond acceptors (Lipinski definition) is 7. The number of amides is 1. The van der Waals surface area contributed by atoms with Gasteiger partial charge in [0, 0.05) is 18.0 Å². The molecule has 0 bridgehead atoms. The van der Waals surface area contributed by atoms with Crippen LogP contribution >= 0.6 is 11.3 Å². The number of carbonyl (C=O) groups excluding carboxylic acids is 1.